The fourth-order valence-corrected chi connectivity index (χ4v) is 0.644. The molecule has 0 radical (unpaired) electrons. The number of Topliss-reactive ketones (excluding diaryl/α,β-unsaturated/α-hetero) is 1. The molecule has 0 unspecified atom stereocenters. The molecule has 0 aromatic carbocycles. The van der Waals surface area contributed by atoms with Gasteiger partial charge in [0, 0.05) is 6.42 Å². The van der Waals surface area contributed by atoms with Crippen molar-refractivity contribution in [2.45, 2.75) is 19.0 Å². The van der Waals surface area contributed by atoms with Gasteiger partial charge in [-0.05, 0) is 0 Å². The molecule has 0 fully saturated rings. The van der Waals surface area contributed by atoms with Crippen LogP contribution in [0.3, 0.4) is 0 Å². The van der Waals surface area contributed by atoms with Gasteiger partial charge in [0.1, 0.15) is 5.78 Å². The topological polar surface area (TPSA) is 29.1 Å². The normalized spacial score (nSPS) is 10.9. The van der Waals surface area contributed by atoms with E-state index in [0.29, 0.717) is 0 Å². The molecular weight excluding hydrogens is 183 g/mol. The number of terminal acetylenes is 1. The minimum absolute atomic E-state index is 0.0969. The van der Waals surface area contributed by atoms with Crippen LogP contribution in [0.2, 0.25) is 0 Å². The van der Waals surface area contributed by atoms with E-state index in [1.54, 1.807) is 0 Å². The molecular formula is C8H10F3NO. The number of carbonyl (C=O) groups is 1. The first kappa shape index (κ1) is 12.0. The van der Waals surface area contributed by atoms with E-state index in [4.69, 9.17) is 6.42 Å². The highest BCUT2D eigenvalue weighted by Gasteiger charge is 2.27. The van der Waals surface area contributed by atoms with Crippen LogP contribution >= 0.6 is 0 Å². The van der Waals surface area contributed by atoms with Crippen LogP contribution in [0.1, 0.15) is 12.8 Å². The maximum Gasteiger partial charge on any atom is 0.389 e. The first-order valence-electron chi connectivity index (χ1n) is 3.68. The molecule has 0 spiro atoms. The Kier molecular flexibility index (Phi) is 5.16. The average Bonchev–Trinajstić information content (AvgIpc) is 2.00. The number of alkyl halides is 3. The van der Waals surface area contributed by atoms with Crippen LogP contribution in [0.25, 0.3) is 0 Å². The molecule has 0 saturated heterocycles. The van der Waals surface area contributed by atoms with Crippen LogP contribution in [-0.4, -0.2) is 25.0 Å². The fourth-order valence-electron chi connectivity index (χ4n) is 0.644. The Morgan fingerprint density at radius 1 is 1.46 bits per heavy atom. The molecule has 0 aliphatic heterocycles. The molecule has 2 nitrogen and oxygen atoms in total. The molecule has 0 saturated carbocycles. The molecule has 0 rings (SSSR count). The van der Waals surface area contributed by atoms with Gasteiger partial charge in [-0.25, -0.2) is 0 Å². The zero-order valence-electron chi connectivity index (χ0n) is 6.95. The van der Waals surface area contributed by atoms with Crippen LogP contribution < -0.4 is 5.32 Å². The lowest BCUT2D eigenvalue weighted by molar-refractivity contribution is -0.142. The number of hydrogen-bond donors (Lipinski definition) is 1. The van der Waals surface area contributed by atoms with Crippen LogP contribution in [-0.2, 0) is 4.79 Å². The van der Waals surface area contributed by atoms with Crippen LogP contribution in [0.15, 0.2) is 0 Å². The molecule has 74 valence electrons. The molecule has 13 heavy (non-hydrogen) atoms. The van der Waals surface area contributed by atoms with Crippen molar-refractivity contribution in [2.24, 2.45) is 0 Å². The van der Waals surface area contributed by atoms with Crippen molar-refractivity contribution < 1.29 is 18.0 Å². The van der Waals surface area contributed by atoms with E-state index in [9.17, 15) is 18.0 Å². The van der Waals surface area contributed by atoms with Gasteiger partial charge in [-0.15, -0.1) is 6.42 Å². The second kappa shape index (κ2) is 5.60. The van der Waals surface area contributed by atoms with Gasteiger partial charge >= 0.3 is 6.18 Å². The molecule has 0 heterocycles. The molecule has 0 bridgehead atoms. The van der Waals surface area contributed by atoms with Crippen molar-refractivity contribution in [3.05, 3.63) is 0 Å². The largest absolute Gasteiger partial charge is 0.389 e. The van der Waals surface area contributed by atoms with Gasteiger partial charge in [0.2, 0.25) is 0 Å². The summed E-state index contributed by atoms with van der Waals surface area (Å²) in [7, 11) is 0. The third-order valence-corrected chi connectivity index (χ3v) is 1.24. The van der Waals surface area contributed by atoms with Gasteiger partial charge in [-0.3, -0.25) is 10.1 Å². The highest BCUT2D eigenvalue weighted by Crippen LogP contribution is 2.21. The second-order valence-electron chi connectivity index (χ2n) is 2.46. The van der Waals surface area contributed by atoms with Gasteiger partial charge in [0.15, 0.2) is 0 Å². The minimum atomic E-state index is -4.26. The smallest absolute Gasteiger partial charge is 0.299 e. The summed E-state index contributed by atoms with van der Waals surface area (Å²) in [6, 6.07) is 0. The predicted octanol–water partition coefficient (Wildman–Crippen LogP) is 1.12. The zero-order valence-corrected chi connectivity index (χ0v) is 6.95. The van der Waals surface area contributed by atoms with Gasteiger partial charge in [0.25, 0.3) is 0 Å². The summed E-state index contributed by atoms with van der Waals surface area (Å²) >= 11 is 0. The molecule has 0 amide bonds. The quantitative estimate of drug-likeness (QED) is 0.523. The highest BCUT2D eigenvalue weighted by atomic mass is 19.4. The molecule has 1 N–H and O–H groups in total. The number of ketones is 1. The Bertz CT molecular complexity index is 204. The lowest BCUT2D eigenvalue weighted by Crippen LogP contribution is -2.24. The number of halogens is 3. The summed E-state index contributed by atoms with van der Waals surface area (Å²) in [5.41, 5.74) is 0. The number of hydrogen-bond acceptors (Lipinski definition) is 2. The Labute approximate surface area is 74.5 Å². The molecule has 0 atom stereocenters. The summed E-state index contributed by atoms with van der Waals surface area (Å²) in [5, 5.41) is 2.52. The van der Waals surface area contributed by atoms with Crippen molar-refractivity contribution in [1.29, 1.82) is 0 Å². The third-order valence-electron chi connectivity index (χ3n) is 1.24. The molecule has 0 aromatic heterocycles. The Hall–Kier alpha value is -1.02. The van der Waals surface area contributed by atoms with E-state index >= 15 is 0 Å². The SMILES string of the molecule is C#CCNCC(=O)CCC(F)(F)F. The van der Waals surface area contributed by atoms with Crippen molar-refractivity contribution >= 4 is 5.78 Å². The van der Waals surface area contributed by atoms with Gasteiger partial charge in [-0.2, -0.15) is 13.2 Å². The zero-order chi connectivity index (χ0) is 10.3. The van der Waals surface area contributed by atoms with Gasteiger partial charge in [-0.1, -0.05) is 5.92 Å². The lowest BCUT2D eigenvalue weighted by atomic mass is 10.2. The van der Waals surface area contributed by atoms with E-state index < -0.39 is 24.8 Å². The van der Waals surface area contributed by atoms with E-state index in [1.807, 2.05) is 0 Å². The van der Waals surface area contributed by atoms with E-state index in [2.05, 4.69) is 11.2 Å². The maximum absolute atomic E-state index is 11.6. The van der Waals surface area contributed by atoms with E-state index in [1.165, 1.54) is 0 Å². The van der Waals surface area contributed by atoms with E-state index in [0.717, 1.165) is 0 Å². The first-order chi connectivity index (χ1) is 5.95. The monoisotopic (exact) mass is 193 g/mol. The summed E-state index contributed by atoms with van der Waals surface area (Å²) in [6.07, 6.45) is -0.959. The first-order valence-corrected chi connectivity index (χ1v) is 3.68. The average molecular weight is 193 g/mol. The molecule has 0 aliphatic rings. The van der Waals surface area contributed by atoms with Crippen molar-refractivity contribution in [3.63, 3.8) is 0 Å². The van der Waals surface area contributed by atoms with Gasteiger partial charge in [0.05, 0.1) is 19.5 Å². The Morgan fingerprint density at radius 3 is 2.54 bits per heavy atom. The standard InChI is InChI=1S/C8H10F3NO/c1-2-5-12-6-7(13)3-4-8(9,10)11/h1,12H,3-6H2. The third kappa shape index (κ3) is 8.89. The van der Waals surface area contributed by atoms with Crippen LogP contribution in [0, 0.1) is 12.3 Å². The predicted molar refractivity (Wildman–Crippen MR) is 42.0 cm³/mol. The van der Waals surface area contributed by atoms with Crippen molar-refractivity contribution in [1.82, 2.24) is 5.32 Å². The molecule has 0 aromatic rings. The van der Waals surface area contributed by atoms with Crippen LogP contribution in [0.4, 0.5) is 13.2 Å². The summed E-state index contributed by atoms with van der Waals surface area (Å²) < 4.78 is 34.8. The number of carbonyl (C=O) groups excluding carboxylic acids is 1. The number of rotatable bonds is 5. The molecule has 5 heteroatoms. The minimum Gasteiger partial charge on any atom is -0.299 e. The van der Waals surface area contributed by atoms with Crippen molar-refractivity contribution in [3.8, 4) is 12.3 Å². The number of nitrogens with one attached hydrogen (secondary N) is 1. The summed E-state index contributed by atoms with van der Waals surface area (Å²) in [4.78, 5) is 10.7. The summed E-state index contributed by atoms with van der Waals surface area (Å²) in [5.74, 6) is 1.73. The highest BCUT2D eigenvalue weighted by molar-refractivity contribution is 5.80. The summed E-state index contributed by atoms with van der Waals surface area (Å²) in [6.45, 7) is 0.0953. The van der Waals surface area contributed by atoms with Crippen LogP contribution in [0.5, 0.6) is 0 Å². The van der Waals surface area contributed by atoms with Gasteiger partial charge < -0.3 is 0 Å². The Morgan fingerprint density at radius 2 is 2.08 bits per heavy atom. The molecule has 0 aliphatic carbocycles. The maximum atomic E-state index is 11.6. The van der Waals surface area contributed by atoms with E-state index in [-0.39, 0.29) is 13.1 Å². The lowest BCUT2D eigenvalue weighted by Gasteiger charge is -2.04. The Balaban J connectivity index is 3.48. The second-order valence-corrected chi connectivity index (χ2v) is 2.46. The fraction of sp³-hybridized carbons (Fsp3) is 0.625. The van der Waals surface area contributed by atoms with Crippen molar-refractivity contribution in [2.75, 3.05) is 13.1 Å².